The standard InChI is InChI=1S/C18H21NO3S/c1-2-19(18(20)8-7-14-9-10-23-13-14)11-15-12-21-16-5-3-4-6-17(16)22-15/h3-6,9-10,13,15H,2,7-8,11-12H2,1H3/t15-/m0/s1. The summed E-state index contributed by atoms with van der Waals surface area (Å²) in [5, 5.41) is 4.14. The first kappa shape index (κ1) is 15.9. The fraction of sp³-hybridized carbons (Fsp3) is 0.389. The average molecular weight is 331 g/mol. The second-order valence-corrected chi connectivity index (χ2v) is 6.34. The fourth-order valence-electron chi connectivity index (χ4n) is 2.65. The molecule has 0 saturated heterocycles. The normalized spacial score (nSPS) is 16.1. The molecule has 122 valence electrons. The van der Waals surface area contributed by atoms with Crippen LogP contribution in [0.5, 0.6) is 11.5 Å². The molecule has 0 aliphatic carbocycles. The first-order valence-electron chi connectivity index (χ1n) is 7.93. The Balaban J connectivity index is 1.54. The van der Waals surface area contributed by atoms with Gasteiger partial charge in [0, 0.05) is 13.0 Å². The van der Waals surface area contributed by atoms with E-state index in [0.717, 1.165) is 17.9 Å². The number of hydrogen-bond acceptors (Lipinski definition) is 4. The highest BCUT2D eigenvalue weighted by Gasteiger charge is 2.24. The van der Waals surface area contributed by atoms with Gasteiger partial charge in [-0.3, -0.25) is 4.79 Å². The van der Waals surface area contributed by atoms with Gasteiger partial charge in [0.25, 0.3) is 0 Å². The van der Waals surface area contributed by atoms with Crippen LogP contribution in [0.4, 0.5) is 0 Å². The van der Waals surface area contributed by atoms with Gasteiger partial charge in [0.1, 0.15) is 6.61 Å². The number of para-hydroxylation sites is 2. The summed E-state index contributed by atoms with van der Waals surface area (Å²) in [7, 11) is 0. The predicted molar refractivity (Wildman–Crippen MR) is 91.2 cm³/mol. The van der Waals surface area contributed by atoms with Gasteiger partial charge >= 0.3 is 0 Å². The van der Waals surface area contributed by atoms with Crippen molar-refractivity contribution in [1.82, 2.24) is 4.90 Å². The van der Waals surface area contributed by atoms with Crippen molar-refractivity contribution in [2.24, 2.45) is 0 Å². The van der Waals surface area contributed by atoms with Crippen molar-refractivity contribution < 1.29 is 14.3 Å². The van der Waals surface area contributed by atoms with E-state index in [4.69, 9.17) is 9.47 Å². The van der Waals surface area contributed by atoms with E-state index >= 15 is 0 Å². The summed E-state index contributed by atoms with van der Waals surface area (Å²) in [6.45, 7) is 3.72. The van der Waals surface area contributed by atoms with Crippen molar-refractivity contribution >= 4 is 17.2 Å². The number of ether oxygens (including phenoxy) is 2. The second kappa shape index (κ2) is 7.51. The summed E-state index contributed by atoms with van der Waals surface area (Å²) in [6.07, 6.45) is 1.22. The molecule has 1 aliphatic rings. The maximum atomic E-state index is 12.4. The molecule has 1 aliphatic heterocycles. The van der Waals surface area contributed by atoms with Gasteiger partial charge < -0.3 is 14.4 Å². The molecule has 1 amide bonds. The lowest BCUT2D eigenvalue weighted by Gasteiger charge is -2.31. The molecule has 0 bridgehead atoms. The molecule has 4 nitrogen and oxygen atoms in total. The summed E-state index contributed by atoms with van der Waals surface area (Å²) >= 11 is 1.67. The van der Waals surface area contributed by atoms with Crippen LogP contribution in [0.1, 0.15) is 18.9 Å². The van der Waals surface area contributed by atoms with E-state index in [2.05, 4.69) is 11.4 Å². The van der Waals surface area contributed by atoms with Gasteiger partial charge in [-0.2, -0.15) is 11.3 Å². The van der Waals surface area contributed by atoms with Gasteiger partial charge in [-0.05, 0) is 47.9 Å². The van der Waals surface area contributed by atoms with E-state index in [1.54, 1.807) is 11.3 Å². The lowest BCUT2D eigenvalue weighted by molar-refractivity contribution is -0.132. The number of hydrogen-bond donors (Lipinski definition) is 0. The van der Waals surface area contributed by atoms with Crippen molar-refractivity contribution in [3.05, 3.63) is 46.7 Å². The van der Waals surface area contributed by atoms with Crippen LogP contribution in [-0.4, -0.2) is 36.6 Å². The third-order valence-corrected chi connectivity index (χ3v) is 4.67. The maximum Gasteiger partial charge on any atom is 0.223 e. The number of carbonyl (C=O) groups excluding carboxylic acids is 1. The molecule has 1 aromatic heterocycles. The van der Waals surface area contributed by atoms with Crippen molar-refractivity contribution in [3.8, 4) is 11.5 Å². The third kappa shape index (κ3) is 4.05. The molecule has 1 aromatic carbocycles. The minimum atomic E-state index is -0.116. The maximum absolute atomic E-state index is 12.4. The number of nitrogens with zero attached hydrogens (tertiary/aromatic N) is 1. The lowest BCUT2D eigenvalue weighted by atomic mass is 10.1. The van der Waals surface area contributed by atoms with E-state index in [1.807, 2.05) is 41.5 Å². The summed E-state index contributed by atoms with van der Waals surface area (Å²) < 4.78 is 11.7. The van der Waals surface area contributed by atoms with Gasteiger partial charge in [0.05, 0.1) is 6.54 Å². The zero-order valence-electron chi connectivity index (χ0n) is 13.2. The molecule has 2 aromatic rings. The van der Waals surface area contributed by atoms with Crippen LogP contribution in [-0.2, 0) is 11.2 Å². The zero-order valence-corrected chi connectivity index (χ0v) is 14.1. The summed E-state index contributed by atoms with van der Waals surface area (Å²) in [4.78, 5) is 14.3. The minimum absolute atomic E-state index is 0.116. The molecular formula is C18H21NO3S. The van der Waals surface area contributed by atoms with Crippen LogP contribution in [0.25, 0.3) is 0 Å². The molecule has 0 unspecified atom stereocenters. The van der Waals surface area contributed by atoms with Crippen molar-refractivity contribution in [2.75, 3.05) is 19.7 Å². The largest absolute Gasteiger partial charge is 0.486 e. The summed E-state index contributed by atoms with van der Waals surface area (Å²) in [5.74, 6) is 1.70. The van der Waals surface area contributed by atoms with E-state index in [1.165, 1.54) is 5.56 Å². The highest BCUT2D eigenvalue weighted by molar-refractivity contribution is 7.07. The molecule has 3 rings (SSSR count). The summed E-state index contributed by atoms with van der Waals surface area (Å²) in [6, 6.07) is 9.72. The third-order valence-electron chi connectivity index (χ3n) is 3.93. The van der Waals surface area contributed by atoms with Crippen LogP contribution in [0.2, 0.25) is 0 Å². The van der Waals surface area contributed by atoms with Crippen molar-refractivity contribution in [1.29, 1.82) is 0 Å². The zero-order chi connectivity index (χ0) is 16.1. The molecule has 0 spiro atoms. The predicted octanol–water partition coefficient (Wildman–Crippen LogP) is 3.37. The van der Waals surface area contributed by atoms with E-state index in [-0.39, 0.29) is 12.0 Å². The topological polar surface area (TPSA) is 38.8 Å². The van der Waals surface area contributed by atoms with Crippen LogP contribution in [0.15, 0.2) is 41.1 Å². The minimum Gasteiger partial charge on any atom is -0.486 e. The van der Waals surface area contributed by atoms with Crippen LogP contribution >= 0.6 is 11.3 Å². The number of rotatable bonds is 6. The molecule has 0 radical (unpaired) electrons. The molecule has 0 fully saturated rings. The lowest BCUT2D eigenvalue weighted by Crippen LogP contribution is -2.43. The molecule has 0 saturated carbocycles. The smallest absolute Gasteiger partial charge is 0.223 e. The number of likely N-dealkylation sites (N-methyl/N-ethyl adjacent to an activating group) is 1. The molecule has 1 atom stereocenters. The van der Waals surface area contributed by atoms with Crippen molar-refractivity contribution in [3.63, 3.8) is 0 Å². The second-order valence-electron chi connectivity index (χ2n) is 5.56. The van der Waals surface area contributed by atoms with Crippen LogP contribution < -0.4 is 9.47 Å². The van der Waals surface area contributed by atoms with E-state index < -0.39 is 0 Å². The quantitative estimate of drug-likeness (QED) is 0.815. The number of thiophene rings is 1. The van der Waals surface area contributed by atoms with Gasteiger partial charge in [0.15, 0.2) is 17.6 Å². The Morgan fingerprint density at radius 3 is 2.87 bits per heavy atom. The average Bonchev–Trinajstić information content (AvgIpc) is 3.11. The highest BCUT2D eigenvalue weighted by Crippen LogP contribution is 2.31. The Hall–Kier alpha value is -2.01. The number of amides is 1. The molecule has 23 heavy (non-hydrogen) atoms. The molecule has 2 heterocycles. The fourth-order valence-corrected chi connectivity index (χ4v) is 3.35. The Bertz CT molecular complexity index is 641. The Morgan fingerprint density at radius 1 is 1.30 bits per heavy atom. The van der Waals surface area contributed by atoms with Crippen LogP contribution in [0.3, 0.4) is 0 Å². The number of carbonyl (C=O) groups is 1. The monoisotopic (exact) mass is 331 g/mol. The Kier molecular flexibility index (Phi) is 5.18. The molecule has 0 N–H and O–H groups in total. The van der Waals surface area contributed by atoms with Gasteiger partial charge in [-0.25, -0.2) is 0 Å². The highest BCUT2D eigenvalue weighted by atomic mass is 32.1. The SMILES string of the molecule is CCN(C[C@H]1COc2ccccc2O1)C(=O)CCc1ccsc1. The first-order valence-corrected chi connectivity index (χ1v) is 8.88. The van der Waals surface area contributed by atoms with E-state index in [0.29, 0.717) is 26.1 Å². The first-order chi connectivity index (χ1) is 11.3. The Labute approximate surface area is 140 Å². The molecule has 5 heteroatoms. The van der Waals surface area contributed by atoms with Gasteiger partial charge in [-0.1, -0.05) is 12.1 Å². The Morgan fingerprint density at radius 2 is 2.13 bits per heavy atom. The summed E-state index contributed by atoms with van der Waals surface area (Å²) in [5.41, 5.74) is 1.23. The number of aryl methyl sites for hydroxylation is 1. The van der Waals surface area contributed by atoms with Crippen LogP contribution in [0, 0.1) is 0 Å². The van der Waals surface area contributed by atoms with Gasteiger partial charge in [0.2, 0.25) is 5.91 Å². The van der Waals surface area contributed by atoms with Crippen molar-refractivity contribution in [2.45, 2.75) is 25.9 Å². The van der Waals surface area contributed by atoms with E-state index in [9.17, 15) is 4.79 Å². The molecular weight excluding hydrogens is 310 g/mol. The number of benzene rings is 1. The van der Waals surface area contributed by atoms with Gasteiger partial charge in [-0.15, -0.1) is 0 Å². The number of fused-ring (bicyclic) bond motifs is 1.